The summed E-state index contributed by atoms with van der Waals surface area (Å²) in [5, 5.41) is 11.8. The van der Waals surface area contributed by atoms with Crippen LogP contribution in [0, 0.1) is 0 Å². The first-order chi connectivity index (χ1) is 9.99. The molecular formula is C15H19NO4S. The summed E-state index contributed by atoms with van der Waals surface area (Å²) in [6, 6.07) is 8.70. The molecule has 0 aliphatic carbocycles. The van der Waals surface area contributed by atoms with Crippen molar-refractivity contribution in [3.63, 3.8) is 0 Å². The van der Waals surface area contributed by atoms with Crippen molar-refractivity contribution in [2.75, 3.05) is 5.75 Å². The van der Waals surface area contributed by atoms with Crippen LogP contribution in [0.4, 0.5) is 0 Å². The number of rotatable bonds is 5. The van der Waals surface area contributed by atoms with Gasteiger partial charge >= 0.3 is 11.9 Å². The van der Waals surface area contributed by atoms with E-state index in [9.17, 15) is 9.59 Å². The molecule has 6 heteroatoms. The molecule has 21 heavy (non-hydrogen) atoms. The van der Waals surface area contributed by atoms with Gasteiger partial charge in [-0.2, -0.15) is 0 Å². The van der Waals surface area contributed by atoms with Crippen LogP contribution in [0.1, 0.15) is 25.3 Å². The fourth-order valence-corrected chi connectivity index (χ4v) is 3.59. The second-order valence-electron chi connectivity index (χ2n) is 5.19. The molecule has 0 amide bonds. The Hall–Kier alpha value is -1.53. The number of carbonyl (C=O) groups is 2. The van der Waals surface area contributed by atoms with Crippen LogP contribution in [0.25, 0.3) is 0 Å². The molecule has 2 rings (SSSR count). The summed E-state index contributed by atoms with van der Waals surface area (Å²) in [5.74, 6) is -1.29. The first kappa shape index (κ1) is 15.9. The molecule has 0 aromatic heterocycles. The third kappa shape index (κ3) is 3.98. The molecule has 1 aliphatic heterocycles. The zero-order chi connectivity index (χ0) is 15.4. The Balaban J connectivity index is 2.21. The van der Waals surface area contributed by atoms with E-state index in [0.29, 0.717) is 5.75 Å². The third-order valence-electron chi connectivity index (χ3n) is 3.17. The van der Waals surface area contributed by atoms with E-state index in [0.717, 1.165) is 5.56 Å². The number of ether oxygens (including phenoxy) is 1. The molecule has 0 bridgehead atoms. The number of aliphatic carboxylic acids is 1. The summed E-state index contributed by atoms with van der Waals surface area (Å²) in [6.07, 6.45) is -0.203. The molecular weight excluding hydrogens is 290 g/mol. The first-order valence-corrected chi connectivity index (χ1v) is 7.90. The van der Waals surface area contributed by atoms with Crippen LogP contribution < -0.4 is 5.32 Å². The number of benzene rings is 1. The van der Waals surface area contributed by atoms with E-state index < -0.39 is 17.9 Å². The van der Waals surface area contributed by atoms with Crippen LogP contribution in [0.5, 0.6) is 0 Å². The summed E-state index contributed by atoms with van der Waals surface area (Å²) < 4.78 is 5.34. The zero-order valence-corrected chi connectivity index (χ0v) is 12.8. The van der Waals surface area contributed by atoms with Gasteiger partial charge in [-0.3, -0.25) is 14.9 Å². The molecule has 0 saturated carbocycles. The van der Waals surface area contributed by atoms with E-state index in [1.54, 1.807) is 13.8 Å². The van der Waals surface area contributed by atoms with Crippen LogP contribution in [0.15, 0.2) is 30.3 Å². The monoisotopic (exact) mass is 309 g/mol. The van der Waals surface area contributed by atoms with Gasteiger partial charge in [-0.05, 0) is 19.4 Å². The number of carboxylic acid groups (broad SMARTS) is 1. The number of hydrogen-bond donors (Lipinski definition) is 2. The normalized spacial score (nSPS) is 23.0. The van der Waals surface area contributed by atoms with Crippen molar-refractivity contribution in [1.29, 1.82) is 0 Å². The van der Waals surface area contributed by atoms with E-state index in [2.05, 4.69) is 5.32 Å². The molecule has 1 saturated heterocycles. The molecule has 2 N–H and O–H groups in total. The van der Waals surface area contributed by atoms with Gasteiger partial charge in [0.2, 0.25) is 0 Å². The quantitative estimate of drug-likeness (QED) is 0.808. The summed E-state index contributed by atoms with van der Waals surface area (Å²) in [4.78, 5) is 23.5. The highest BCUT2D eigenvalue weighted by Crippen LogP contribution is 2.33. The highest BCUT2D eigenvalue weighted by molar-refractivity contribution is 8.00. The van der Waals surface area contributed by atoms with Crippen molar-refractivity contribution in [2.45, 2.75) is 37.3 Å². The Labute approximate surface area is 128 Å². The van der Waals surface area contributed by atoms with Crippen molar-refractivity contribution in [1.82, 2.24) is 5.32 Å². The molecule has 1 fully saturated rings. The van der Waals surface area contributed by atoms with Gasteiger partial charge in [-0.1, -0.05) is 30.3 Å². The molecule has 3 atom stereocenters. The van der Waals surface area contributed by atoms with E-state index in [4.69, 9.17) is 9.84 Å². The second kappa shape index (κ2) is 6.95. The van der Waals surface area contributed by atoms with Gasteiger partial charge in [0.15, 0.2) is 0 Å². The fraction of sp³-hybridized carbons (Fsp3) is 0.467. The first-order valence-electron chi connectivity index (χ1n) is 6.85. The van der Waals surface area contributed by atoms with Crippen molar-refractivity contribution in [3.05, 3.63) is 35.9 Å². The van der Waals surface area contributed by atoms with Gasteiger partial charge in [0.25, 0.3) is 0 Å². The molecule has 1 aromatic rings. The second-order valence-corrected chi connectivity index (χ2v) is 6.36. The molecule has 114 valence electrons. The van der Waals surface area contributed by atoms with E-state index in [1.807, 2.05) is 30.3 Å². The Bertz CT molecular complexity index is 506. The average Bonchev–Trinajstić information content (AvgIpc) is 2.89. The van der Waals surface area contributed by atoms with Gasteiger partial charge < -0.3 is 9.84 Å². The van der Waals surface area contributed by atoms with Crippen LogP contribution in [0.2, 0.25) is 0 Å². The van der Waals surface area contributed by atoms with Crippen LogP contribution >= 0.6 is 11.8 Å². The average molecular weight is 309 g/mol. The number of esters is 1. The van der Waals surface area contributed by atoms with Crippen molar-refractivity contribution < 1.29 is 19.4 Å². The SMILES string of the molecule is CC(C)OC(=O)C(c1ccccc1)C1NC(C(=O)O)CS1. The van der Waals surface area contributed by atoms with Crippen molar-refractivity contribution >= 4 is 23.7 Å². The summed E-state index contributed by atoms with van der Waals surface area (Å²) in [7, 11) is 0. The topological polar surface area (TPSA) is 75.6 Å². The van der Waals surface area contributed by atoms with Crippen molar-refractivity contribution in [3.8, 4) is 0 Å². The molecule has 0 radical (unpaired) electrons. The summed E-state index contributed by atoms with van der Waals surface area (Å²) in [5.41, 5.74) is 0.833. The van der Waals surface area contributed by atoms with Crippen molar-refractivity contribution in [2.24, 2.45) is 0 Å². The minimum absolute atomic E-state index is 0.203. The minimum atomic E-state index is -0.894. The Morgan fingerprint density at radius 2 is 2.00 bits per heavy atom. The van der Waals surface area contributed by atoms with Crippen LogP contribution in [-0.2, 0) is 14.3 Å². The lowest BCUT2D eigenvalue weighted by Gasteiger charge is -2.23. The zero-order valence-electron chi connectivity index (χ0n) is 12.0. The molecule has 5 nitrogen and oxygen atoms in total. The summed E-state index contributed by atoms with van der Waals surface area (Å²) in [6.45, 7) is 3.60. The predicted molar refractivity (Wildman–Crippen MR) is 81.2 cm³/mol. The molecule has 1 aromatic carbocycles. The molecule has 3 unspecified atom stereocenters. The number of carboxylic acids is 1. The van der Waals surface area contributed by atoms with Gasteiger partial charge in [0, 0.05) is 5.75 Å². The van der Waals surface area contributed by atoms with Gasteiger partial charge in [-0.25, -0.2) is 0 Å². The van der Waals surface area contributed by atoms with E-state index in [-0.39, 0.29) is 17.4 Å². The van der Waals surface area contributed by atoms with Crippen LogP contribution in [-0.4, -0.2) is 40.3 Å². The maximum absolute atomic E-state index is 12.4. The maximum atomic E-state index is 12.4. The molecule has 0 spiro atoms. The maximum Gasteiger partial charge on any atom is 0.321 e. The molecule has 1 heterocycles. The summed E-state index contributed by atoms with van der Waals surface area (Å²) >= 11 is 1.44. The van der Waals surface area contributed by atoms with Gasteiger partial charge in [0.05, 0.1) is 11.5 Å². The number of hydrogen-bond acceptors (Lipinski definition) is 5. The smallest absolute Gasteiger partial charge is 0.321 e. The number of carbonyl (C=O) groups excluding carboxylic acids is 1. The predicted octanol–water partition coefficient (Wildman–Crippen LogP) is 1.84. The number of thioether (sulfide) groups is 1. The number of nitrogens with one attached hydrogen (secondary N) is 1. The molecule has 1 aliphatic rings. The Morgan fingerprint density at radius 3 is 2.52 bits per heavy atom. The standard InChI is InChI=1S/C15H19NO4S/c1-9(2)20-15(19)12(10-6-4-3-5-7-10)13-16-11(8-21-13)14(17)18/h3-7,9,11-13,16H,8H2,1-2H3,(H,17,18). The van der Waals surface area contributed by atoms with Gasteiger partial charge in [0.1, 0.15) is 12.0 Å². The van der Waals surface area contributed by atoms with Gasteiger partial charge in [-0.15, -0.1) is 11.8 Å². The van der Waals surface area contributed by atoms with Crippen LogP contribution in [0.3, 0.4) is 0 Å². The highest BCUT2D eigenvalue weighted by atomic mass is 32.2. The lowest BCUT2D eigenvalue weighted by atomic mass is 9.98. The minimum Gasteiger partial charge on any atom is -0.480 e. The van der Waals surface area contributed by atoms with E-state index >= 15 is 0 Å². The lowest BCUT2D eigenvalue weighted by Crippen LogP contribution is -2.41. The van der Waals surface area contributed by atoms with E-state index in [1.165, 1.54) is 11.8 Å². The fourth-order valence-electron chi connectivity index (χ4n) is 2.23. The third-order valence-corrected chi connectivity index (χ3v) is 4.47. The largest absolute Gasteiger partial charge is 0.480 e. The Morgan fingerprint density at radius 1 is 1.33 bits per heavy atom. The Kier molecular flexibility index (Phi) is 5.25. The highest BCUT2D eigenvalue weighted by Gasteiger charge is 2.39. The lowest BCUT2D eigenvalue weighted by molar-refractivity contribution is -0.150.